The maximum Gasteiger partial charge on any atom is 0.220 e. The summed E-state index contributed by atoms with van der Waals surface area (Å²) in [6, 6.07) is 9.23. The van der Waals surface area contributed by atoms with Crippen LogP contribution in [0.2, 0.25) is 0 Å². The number of carbonyl (C=O) groups excluding carboxylic acids is 3. The standard InChI is InChI=1S/C23H35NO3S/c1-3-4-5-6-10-13-23(27)24-21(14-15-28-2)22(26)17-20(18-25)16-19-11-8-7-9-12-19/h7-9,11-12,18,20-21H,3-6,10,13-17H2,1-2H3,(H,24,27)/t20-,21+/m1/s1. The van der Waals surface area contributed by atoms with Gasteiger partial charge in [0.25, 0.3) is 0 Å². The SMILES string of the molecule is CCCCCCCC(=O)N[C@@H](CCSC)C(=O)C[C@H](C=O)Cc1ccccc1. The molecule has 0 saturated heterocycles. The lowest BCUT2D eigenvalue weighted by Crippen LogP contribution is -2.42. The number of ketones is 1. The highest BCUT2D eigenvalue weighted by atomic mass is 32.2. The first-order valence-electron chi connectivity index (χ1n) is 10.4. The van der Waals surface area contributed by atoms with Crippen molar-refractivity contribution in [1.82, 2.24) is 5.32 Å². The number of nitrogens with one attached hydrogen (secondary N) is 1. The maximum atomic E-state index is 12.8. The van der Waals surface area contributed by atoms with Crippen molar-refractivity contribution in [2.45, 2.75) is 70.8 Å². The number of thioether (sulfide) groups is 1. The smallest absolute Gasteiger partial charge is 0.220 e. The third-order valence-corrected chi connectivity index (χ3v) is 5.48. The van der Waals surface area contributed by atoms with Gasteiger partial charge in [-0.05, 0) is 36.8 Å². The van der Waals surface area contributed by atoms with Crippen LogP contribution in [0.15, 0.2) is 30.3 Å². The van der Waals surface area contributed by atoms with E-state index in [-0.39, 0.29) is 24.0 Å². The Hall–Kier alpha value is -1.62. The highest BCUT2D eigenvalue weighted by Crippen LogP contribution is 2.14. The van der Waals surface area contributed by atoms with Crippen LogP contribution in [-0.2, 0) is 20.8 Å². The van der Waals surface area contributed by atoms with Gasteiger partial charge in [-0.25, -0.2) is 0 Å². The minimum atomic E-state index is -0.492. The summed E-state index contributed by atoms with van der Waals surface area (Å²) < 4.78 is 0. The molecule has 0 bridgehead atoms. The lowest BCUT2D eigenvalue weighted by Gasteiger charge is -2.19. The molecule has 156 valence electrons. The van der Waals surface area contributed by atoms with E-state index in [0.29, 0.717) is 19.3 Å². The molecule has 1 aromatic rings. The number of carbonyl (C=O) groups is 3. The molecule has 0 fully saturated rings. The summed E-state index contributed by atoms with van der Waals surface area (Å²) in [5.41, 5.74) is 1.05. The summed E-state index contributed by atoms with van der Waals surface area (Å²) in [7, 11) is 0. The second-order valence-corrected chi connectivity index (χ2v) is 8.31. The van der Waals surface area contributed by atoms with Crippen molar-refractivity contribution in [2.75, 3.05) is 12.0 Å². The number of aldehydes is 1. The molecule has 28 heavy (non-hydrogen) atoms. The minimum Gasteiger partial charge on any atom is -0.346 e. The molecule has 0 spiro atoms. The first-order valence-corrected chi connectivity index (χ1v) is 11.8. The van der Waals surface area contributed by atoms with Gasteiger partial charge in [0.15, 0.2) is 5.78 Å². The minimum absolute atomic E-state index is 0.0404. The summed E-state index contributed by atoms with van der Waals surface area (Å²) in [6.45, 7) is 2.17. The Kier molecular flexibility index (Phi) is 13.4. The van der Waals surface area contributed by atoms with Crippen molar-refractivity contribution in [3.63, 3.8) is 0 Å². The summed E-state index contributed by atoms with van der Waals surface area (Å²) in [6.07, 6.45) is 10.1. The van der Waals surface area contributed by atoms with Gasteiger partial charge in [0.2, 0.25) is 5.91 Å². The van der Waals surface area contributed by atoms with Crippen molar-refractivity contribution in [1.29, 1.82) is 0 Å². The fraction of sp³-hybridized carbons (Fsp3) is 0.609. The molecule has 4 nitrogen and oxygen atoms in total. The topological polar surface area (TPSA) is 63.2 Å². The molecule has 0 unspecified atom stereocenters. The molecular formula is C23H35NO3S. The molecule has 0 heterocycles. The van der Waals surface area contributed by atoms with E-state index >= 15 is 0 Å². The first-order chi connectivity index (χ1) is 13.6. The van der Waals surface area contributed by atoms with Gasteiger partial charge in [0, 0.05) is 18.8 Å². The summed E-state index contributed by atoms with van der Waals surface area (Å²) in [4.78, 5) is 36.5. The van der Waals surface area contributed by atoms with Crippen LogP contribution >= 0.6 is 11.8 Å². The highest BCUT2D eigenvalue weighted by molar-refractivity contribution is 7.98. The largest absolute Gasteiger partial charge is 0.346 e. The monoisotopic (exact) mass is 405 g/mol. The van der Waals surface area contributed by atoms with Crippen molar-refractivity contribution < 1.29 is 14.4 Å². The Morgan fingerprint density at radius 1 is 1.11 bits per heavy atom. The van der Waals surface area contributed by atoms with Gasteiger partial charge in [-0.3, -0.25) is 9.59 Å². The molecule has 0 aliphatic rings. The second kappa shape index (κ2) is 15.3. The second-order valence-electron chi connectivity index (χ2n) is 7.32. The van der Waals surface area contributed by atoms with E-state index in [1.54, 1.807) is 11.8 Å². The van der Waals surface area contributed by atoms with E-state index in [1.165, 1.54) is 12.8 Å². The number of benzene rings is 1. The van der Waals surface area contributed by atoms with Gasteiger partial charge < -0.3 is 10.1 Å². The van der Waals surface area contributed by atoms with E-state index in [9.17, 15) is 14.4 Å². The van der Waals surface area contributed by atoms with Gasteiger partial charge in [0.05, 0.1) is 6.04 Å². The van der Waals surface area contributed by atoms with E-state index in [2.05, 4.69) is 12.2 Å². The van der Waals surface area contributed by atoms with E-state index < -0.39 is 6.04 Å². The molecule has 2 atom stereocenters. The normalized spacial score (nSPS) is 12.9. The Balaban J connectivity index is 2.54. The third-order valence-electron chi connectivity index (χ3n) is 4.84. The van der Waals surface area contributed by atoms with Gasteiger partial charge in [0.1, 0.15) is 6.29 Å². The van der Waals surface area contributed by atoms with Crippen molar-refractivity contribution in [3.8, 4) is 0 Å². The summed E-state index contributed by atoms with van der Waals surface area (Å²) >= 11 is 1.66. The lowest BCUT2D eigenvalue weighted by molar-refractivity contribution is -0.129. The fourth-order valence-corrected chi connectivity index (χ4v) is 3.66. The quantitative estimate of drug-likeness (QED) is 0.322. The Morgan fingerprint density at radius 2 is 1.82 bits per heavy atom. The number of rotatable bonds is 16. The zero-order valence-corrected chi connectivity index (χ0v) is 18.1. The molecular weight excluding hydrogens is 370 g/mol. The Labute approximate surface area is 174 Å². The molecule has 0 radical (unpaired) electrons. The molecule has 0 aliphatic heterocycles. The molecule has 0 saturated carbocycles. The van der Waals surface area contributed by atoms with Crippen LogP contribution in [-0.4, -0.2) is 36.0 Å². The molecule has 1 aromatic carbocycles. The van der Waals surface area contributed by atoms with Crippen LogP contribution in [0.3, 0.4) is 0 Å². The average molecular weight is 406 g/mol. The van der Waals surface area contributed by atoms with Crippen LogP contribution in [0, 0.1) is 5.92 Å². The maximum absolute atomic E-state index is 12.8. The average Bonchev–Trinajstić information content (AvgIpc) is 2.71. The molecule has 5 heteroatoms. The van der Waals surface area contributed by atoms with Gasteiger partial charge in [-0.1, -0.05) is 62.9 Å². The fourth-order valence-electron chi connectivity index (χ4n) is 3.19. The van der Waals surface area contributed by atoms with Crippen LogP contribution in [0.1, 0.15) is 63.9 Å². The van der Waals surface area contributed by atoms with Crippen LogP contribution in [0.5, 0.6) is 0 Å². The van der Waals surface area contributed by atoms with Crippen molar-refractivity contribution >= 4 is 29.7 Å². The number of hydrogen-bond donors (Lipinski definition) is 1. The molecule has 0 aromatic heterocycles. The first kappa shape index (κ1) is 24.4. The van der Waals surface area contributed by atoms with Crippen molar-refractivity contribution in [2.24, 2.45) is 5.92 Å². The predicted molar refractivity (Wildman–Crippen MR) is 118 cm³/mol. The number of unbranched alkanes of at least 4 members (excludes halogenated alkanes) is 4. The molecule has 1 rings (SSSR count). The lowest BCUT2D eigenvalue weighted by atomic mass is 9.92. The van der Waals surface area contributed by atoms with E-state index in [0.717, 1.165) is 36.9 Å². The van der Waals surface area contributed by atoms with E-state index in [4.69, 9.17) is 0 Å². The van der Waals surface area contributed by atoms with Gasteiger partial charge >= 0.3 is 0 Å². The van der Waals surface area contributed by atoms with Gasteiger partial charge in [-0.15, -0.1) is 0 Å². The predicted octanol–water partition coefficient (Wildman–Crippen LogP) is 4.60. The van der Waals surface area contributed by atoms with Crippen molar-refractivity contribution in [3.05, 3.63) is 35.9 Å². The highest BCUT2D eigenvalue weighted by Gasteiger charge is 2.23. The zero-order valence-electron chi connectivity index (χ0n) is 17.3. The third kappa shape index (κ3) is 10.6. The van der Waals surface area contributed by atoms with E-state index in [1.807, 2.05) is 36.6 Å². The molecule has 1 N–H and O–H groups in total. The Morgan fingerprint density at radius 3 is 2.46 bits per heavy atom. The number of hydrogen-bond acceptors (Lipinski definition) is 4. The van der Waals surface area contributed by atoms with Crippen LogP contribution in [0.25, 0.3) is 0 Å². The van der Waals surface area contributed by atoms with Gasteiger partial charge in [-0.2, -0.15) is 11.8 Å². The molecule has 1 amide bonds. The molecule has 0 aliphatic carbocycles. The Bertz CT molecular complexity index is 576. The number of amides is 1. The van der Waals surface area contributed by atoms with Crippen LogP contribution < -0.4 is 5.32 Å². The summed E-state index contributed by atoms with van der Waals surface area (Å²) in [5, 5.41) is 2.92. The number of Topliss-reactive ketones (excluding diaryl/α,β-unsaturated/α-hetero) is 1. The van der Waals surface area contributed by atoms with Crippen LogP contribution in [0.4, 0.5) is 0 Å². The zero-order chi connectivity index (χ0) is 20.6. The summed E-state index contributed by atoms with van der Waals surface area (Å²) in [5.74, 6) is 0.359.